The first-order chi connectivity index (χ1) is 16.3. The number of halogens is 2. The standard InChI is InChI=1S/C25H24Cl2N6O/c1-3-29-25(24(28)34)13-32(14-25)20-12-15(2)30-23-21(16-8-10-17(26)11-9-16)22(31-33(20)23)18-6-4-5-7-19(18)27/h4-12,29H,3,13-14H2,1-2H3,(H2,28,34). The summed E-state index contributed by atoms with van der Waals surface area (Å²) < 4.78 is 1.83. The Morgan fingerprint density at radius 1 is 1.15 bits per heavy atom. The highest BCUT2D eigenvalue weighted by molar-refractivity contribution is 6.33. The van der Waals surface area contributed by atoms with Crippen LogP contribution in [-0.2, 0) is 4.79 Å². The molecule has 174 valence electrons. The minimum atomic E-state index is -0.754. The number of nitrogens with one attached hydrogen (secondary N) is 1. The Bertz CT molecular complexity index is 1390. The predicted molar refractivity (Wildman–Crippen MR) is 136 cm³/mol. The average Bonchev–Trinajstić information content (AvgIpc) is 3.15. The molecule has 0 aliphatic carbocycles. The number of hydrogen-bond donors (Lipinski definition) is 2. The zero-order valence-corrected chi connectivity index (χ0v) is 20.4. The van der Waals surface area contributed by atoms with Crippen molar-refractivity contribution in [3.63, 3.8) is 0 Å². The van der Waals surface area contributed by atoms with Gasteiger partial charge in [0.25, 0.3) is 0 Å². The van der Waals surface area contributed by atoms with E-state index in [1.165, 1.54) is 0 Å². The summed E-state index contributed by atoms with van der Waals surface area (Å²) in [5.74, 6) is 0.484. The van der Waals surface area contributed by atoms with Gasteiger partial charge in [-0.1, -0.05) is 60.5 Å². The number of primary amides is 1. The molecule has 5 rings (SSSR count). The van der Waals surface area contributed by atoms with Crippen LogP contribution in [0.2, 0.25) is 10.0 Å². The van der Waals surface area contributed by atoms with Crippen LogP contribution < -0.4 is 16.0 Å². The van der Waals surface area contributed by atoms with Gasteiger partial charge in [0.05, 0.1) is 10.6 Å². The maximum atomic E-state index is 12.2. The van der Waals surface area contributed by atoms with Crippen LogP contribution in [0.4, 0.5) is 5.82 Å². The number of fused-ring (bicyclic) bond motifs is 1. The Labute approximate surface area is 207 Å². The summed E-state index contributed by atoms with van der Waals surface area (Å²) in [7, 11) is 0. The Balaban J connectivity index is 1.72. The van der Waals surface area contributed by atoms with Gasteiger partial charge in [-0.15, -0.1) is 0 Å². The molecule has 1 saturated heterocycles. The summed E-state index contributed by atoms with van der Waals surface area (Å²) in [4.78, 5) is 19.1. The fourth-order valence-electron chi connectivity index (χ4n) is 4.53. The molecule has 9 heteroatoms. The van der Waals surface area contributed by atoms with E-state index in [0.717, 1.165) is 33.9 Å². The third-order valence-corrected chi connectivity index (χ3v) is 6.77. The zero-order chi connectivity index (χ0) is 24.0. The van der Waals surface area contributed by atoms with E-state index < -0.39 is 5.54 Å². The minimum Gasteiger partial charge on any atom is -0.368 e. The van der Waals surface area contributed by atoms with E-state index in [4.69, 9.17) is 39.0 Å². The molecule has 0 spiro atoms. The highest BCUT2D eigenvalue weighted by Gasteiger charge is 2.48. The maximum Gasteiger partial charge on any atom is 0.241 e. The van der Waals surface area contributed by atoms with E-state index in [1.807, 2.05) is 73.0 Å². The molecule has 2 aromatic heterocycles. The van der Waals surface area contributed by atoms with E-state index in [0.29, 0.717) is 35.3 Å². The Morgan fingerprint density at radius 3 is 2.50 bits per heavy atom. The van der Waals surface area contributed by atoms with Gasteiger partial charge in [0, 0.05) is 35.4 Å². The maximum absolute atomic E-state index is 12.2. The van der Waals surface area contributed by atoms with Gasteiger partial charge in [-0.3, -0.25) is 4.79 Å². The van der Waals surface area contributed by atoms with Gasteiger partial charge < -0.3 is 16.0 Å². The lowest BCUT2D eigenvalue weighted by Gasteiger charge is -2.49. The molecule has 1 fully saturated rings. The number of amides is 1. The minimum absolute atomic E-state index is 0.355. The quantitative estimate of drug-likeness (QED) is 0.416. The molecule has 2 aromatic carbocycles. The van der Waals surface area contributed by atoms with Crippen molar-refractivity contribution in [2.75, 3.05) is 24.5 Å². The zero-order valence-electron chi connectivity index (χ0n) is 18.8. The van der Waals surface area contributed by atoms with Crippen molar-refractivity contribution < 1.29 is 4.79 Å². The lowest BCUT2D eigenvalue weighted by atomic mass is 9.88. The number of nitrogens with zero attached hydrogens (tertiary/aromatic N) is 4. The van der Waals surface area contributed by atoms with E-state index in [2.05, 4.69) is 10.2 Å². The van der Waals surface area contributed by atoms with Gasteiger partial charge in [-0.25, -0.2) is 4.98 Å². The van der Waals surface area contributed by atoms with Gasteiger partial charge in [-0.05, 0) is 37.2 Å². The number of nitrogens with two attached hydrogens (primary N) is 1. The lowest BCUT2D eigenvalue weighted by molar-refractivity contribution is -0.125. The van der Waals surface area contributed by atoms with Crippen molar-refractivity contribution in [1.29, 1.82) is 0 Å². The molecular formula is C25H24Cl2N6O. The number of likely N-dealkylation sites (N-methyl/N-ethyl adjacent to an activating group) is 1. The predicted octanol–water partition coefficient (Wildman–Crippen LogP) is 4.33. The van der Waals surface area contributed by atoms with Crippen LogP contribution in [0.25, 0.3) is 28.0 Å². The van der Waals surface area contributed by atoms with Crippen molar-refractivity contribution in [2.45, 2.75) is 19.4 Å². The summed E-state index contributed by atoms with van der Waals surface area (Å²) in [5, 5.41) is 9.48. The lowest BCUT2D eigenvalue weighted by Crippen LogP contribution is -2.75. The van der Waals surface area contributed by atoms with Crippen LogP contribution >= 0.6 is 23.2 Å². The third-order valence-electron chi connectivity index (χ3n) is 6.19. The molecule has 0 bridgehead atoms. The summed E-state index contributed by atoms with van der Waals surface area (Å²) in [6, 6.07) is 17.2. The van der Waals surface area contributed by atoms with Crippen molar-refractivity contribution in [2.24, 2.45) is 5.73 Å². The molecule has 0 unspecified atom stereocenters. The molecule has 0 radical (unpaired) electrons. The van der Waals surface area contributed by atoms with Crippen LogP contribution in [0.1, 0.15) is 12.6 Å². The first-order valence-corrected chi connectivity index (χ1v) is 11.8. The smallest absolute Gasteiger partial charge is 0.241 e. The molecule has 34 heavy (non-hydrogen) atoms. The number of anilines is 1. The first-order valence-electron chi connectivity index (χ1n) is 11.0. The van der Waals surface area contributed by atoms with Crippen LogP contribution in [0.3, 0.4) is 0 Å². The summed E-state index contributed by atoms with van der Waals surface area (Å²) >= 11 is 12.8. The number of carbonyl (C=O) groups excluding carboxylic acids is 1. The van der Waals surface area contributed by atoms with Crippen LogP contribution in [0, 0.1) is 6.92 Å². The highest BCUT2D eigenvalue weighted by Crippen LogP contribution is 2.40. The second-order valence-electron chi connectivity index (χ2n) is 8.53. The molecule has 1 amide bonds. The number of carbonyl (C=O) groups is 1. The fraction of sp³-hybridized carbons (Fsp3) is 0.240. The molecule has 1 aliphatic heterocycles. The number of hydrogen-bond acceptors (Lipinski definition) is 5. The molecule has 0 atom stereocenters. The number of rotatable bonds is 6. The van der Waals surface area contributed by atoms with Crippen LogP contribution in [-0.4, -0.2) is 45.7 Å². The molecular weight excluding hydrogens is 471 g/mol. The topological polar surface area (TPSA) is 88.5 Å². The van der Waals surface area contributed by atoms with Crippen molar-refractivity contribution in [3.05, 3.63) is 70.3 Å². The Kier molecular flexibility index (Phi) is 5.72. The summed E-state index contributed by atoms with van der Waals surface area (Å²) in [6.07, 6.45) is 0. The SMILES string of the molecule is CCNC1(C(N)=O)CN(c2cc(C)nc3c(-c4ccc(Cl)cc4)c(-c4ccccc4Cl)nn23)C1. The second-order valence-corrected chi connectivity index (χ2v) is 9.38. The molecule has 1 aliphatic rings. The molecule has 0 saturated carbocycles. The Hall–Kier alpha value is -3.13. The van der Waals surface area contributed by atoms with E-state index in [9.17, 15) is 4.79 Å². The molecule has 3 N–H and O–H groups in total. The number of benzene rings is 2. The average molecular weight is 495 g/mol. The van der Waals surface area contributed by atoms with Crippen molar-refractivity contribution >= 4 is 40.6 Å². The number of aromatic nitrogens is 3. The van der Waals surface area contributed by atoms with Gasteiger partial charge in [0.2, 0.25) is 5.91 Å². The summed E-state index contributed by atoms with van der Waals surface area (Å²) in [6.45, 7) is 5.46. The van der Waals surface area contributed by atoms with Gasteiger partial charge in [-0.2, -0.15) is 9.61 Å². The Morgan fingerprint density at radius 2 is 1.85 bits per heavy atom. The largest absolute Gasteiger partial charge is 0.368 e. The monoisotopic (exact) mass is 494 g/mol. The first kappa shape index (κ1) is 22.7. The van der Waals surface area contributed by atoms with E-state index in [1.54, 1.807) is 0 Å². The third kappa shape index (κ3) is 3.70. The number of aryl methyl sites for hydroxylation is 1. The van der Waals surface area contributed by atoms with E-state index in [-0.39, 0.29) is 5.91 Å². The van der Waals surface area contributed by atoms with Gasteiger partial charge in [0.15, 0.2) is 5.65 Å². The molecule has 3 heterocycles. The van der Waals surface area contributed by atoms with Crippen molar-refractivity contribution in [3.8, 4) is 22.4 Å². The van der Waals surface area contributed by atoms with Crippen molar-refractivity contribution in [1.82, 2.24) is 19.9 Å². The van der Waals surface area contributed by atoms with E-state index >= 15 is 0 Å². The molecule has 4 aromatic rings. The normalized spacial score (nSPS) is 14.9. The highest BCUT2D eigenvalue weighted by atomic mass is 35.5. The summed E-state index contributed by atoms with van der Waals surface area (Å²) in [5.41, 5.74) is 9.84. The van der Waals surface area contributed by atoms with Gasteiger partial charge in [0.1, 0.15) is 17.1 Å². The van der Waals surface area contributed by atoms with Gasteiger partial charge >= 0.3 is 0 Å². The fourth-order valence-corrected chi connectivity index (χ4v) is 4.88. The van der Waals surface area contributed by atoms with Crippen LogP contribution in [0.5, 0.6) is 0 Å². The molecule has 7 nitrogen and oxygen atoms in total. The second kappa shape index (κ2) is 8.58. The van der Waals surface area contributed by atoms with Crippen LogP contribution in [0.15, 0.2) is 54.6 Å².